The molecule has 1 heterocycles. The molecule has 38 heavy (non-hydrogen) atoms. The molecule has 1 aliphatic rings. The fourth-order valence-corrected chi connectivity index (χ4v) is 4.32. The van der Waals surface area contributed by atoms with Crippen molar-refractivity contribution in [2.24, 2.45) is 5.92 Å². The van der Waals surface area contributed by atoms with Gasteiger partial charge in [-0.3, -0.25) is 4.79 Å². The number of aromatic nitrogens is 2. The van der Waals surface area contributed by atoms with Crippen molar-refractivity contribution < 1.29 is 28.6 Å². The number of benzene rings is 1. The molecule has 204 valence electrons. The average Bonchev–Trinajstić information content (AvgIpc) is 3.33. The van der Waals surface area contributed by atoms with Gasteiger partial charge in [-0.25, -0.2) is 19.5 Å². The summed E-state index contributed by atoms with van der Waals surface area (Å²) in [4.78, 5) is 43.9. The van der Waals surface area contributed by atoms with Gasteiger partial charge in [0.1, 0.15) is 16.6 Å². The van der Waals surface area contributed by atoms with Crippen LogP contribution in [-0.2, 0) is 24.4 Å². The second-order valence-corrected chi connectivity index (χ2v) is 11.4. The monoisotopic (exact) mass is 524 g/mol. The van der Waals surface area contributed by atoms with E-state index in [1.165, 1.54) is 7.11 Å². The summed E-state index contributed by atoms with van der Waals surface area (Å²) in [6.07, 6.45) is 3.42. The third-order valence-electron chi connectivity index (χ3n) is 6.15. The molecule has 1 saturated carbocycles. The lowest BCUT2D eigenvalue weighted by molar-refractivity contribution is -0.144. The number of amides is 2. The fourth-order valence-electron chi connectivity index (χ4n) is 4.32. The van der Waals surface area contributed by atoms with Crippen LogP contribution in [0.25, 0.3) is 5.69 Å². The largest absolute Gasteiger partial charge is 0.468 e. The quantitative estimate of drug-likeness (QED) is 0.361. The number of hydrogen-bond acceptors (Lipinski definition) is 8. The number of methoxy groups -OCH3 is 1. The lowest BCUT2D eigenvalue weighted by Crippen LogP contribution is -2.44. The van der Waals surface area contributed by atoms with Gasteiger partial charge in [-0.2, -0.15) is 5.26 Å². The Bertz CT molecular complexity index is 1190. The highest BCUT2D eigenvalue weighted by molar-refractivity contribution is 5.88. The summed E-state index contributed by atoms with van der Waals surface area (Å²) in [7, 11) is 1.35. The maximum absolute atomic E-state index is 12.9. The van der Waals surface area contributed by atoms with Crippen molar-refractivity contribution in [1.82, 2.24) is 14.5 Å². The second kappa shape index (κ2) is 10.9. The number of esters is 1. The third kappa shape index (κ3) is 6.71. The molecule has 2 unspecified atom stereocenters. The number of nitriles is 1. The molecule has 0 spiro atoms. The minimum atomic E-state index is -0.894. The molecule has 2 aromatic rings. The van der Waals surface area contributed by atoms with Crippen molar-refractivity contribution in [2.45, 2.75) is 77.4 Å². The highest BCUT2D eigenvalue weighted by Gasteiger charge is 2.63. The van der Waals surface area contributed by atoms with Crippen molar-refractivity contribution in [3.63, 3.8) is 0 Å². The molecule has 3 rings (SSSR count). The molecule has 0 bridgehead atoms. The van der Waals surface area contributed by atoms with Crippen LogP contribution >= 0.6 is 0 Å². The van der Waals surface area contributed by atoms with E-state index in [-0.39, 0.29) is 18.4 Å². The van der Waals surface area contributed by atoms with Crippen LogP contribution in [0.1, 0.15) is 72.1 Å². The SMILES string of the molecule is COC(=O)C1(c2cn(-c3ccc(C#N)cc3)cn2)CC1CCCN(C(=O)OC(C)(C)C)C(=O)OC(C)(C)C. The van der Waals surface area contributed by atoms with Gasteiger partial charge in [0.2, 0.25) is 0 Å². The second-order valence-electron chi connectivity index (χ2n) is 11.4. The van der Waals surface area contributed by atoms with Crippen LogP contribution in [0.15, 0.2) is 36.8 Å². The highest BCUT2D eigenvalue weighted by atomic mass is 16.6. The number of imide groups is 1. The topological polar surface area (TPSA) is 124 Å². The van der Waals surface area contributed by atoms with E-state index < -0.39 is 28.8 Å². The van der Waals surface area contributed by atoms with E-state index in [9.17, 15) is 14.4 Å². The van der Waals surface area contributed by atoms with Crippen molar-refractivity contribution in [2.75, 3.05) is 13.7 Å². The Balaban J connectivity index is 1.72. The third-order valence-corrected chi connectivity index (χ3v) is 6.15. The van der Waals surface area contributed by atoms with Gasteiger partial charge in [-0.05, 0) is 91.0 Å². The van der Waals surface area contributed by atoms with Crippen molar-refractivity contribution >= 4 is 18.2 Å². The first-order chi connectivity index (χ1) is 17.7. The Morgan fingerprint density at radius 1 is 1.08 bits per heavy atom. The zero-order chi connectivity index (χ0) is 28.3. The predicted octanol–water partition coefficient (Wildman–Crippen LogP) is 5.13. The van der Waals surface area contributed by atoms with Crippen LogP contribution in [0.4, 0.5) is 9.59 Å². The lowest BCUT2D eigenvalue weighted by Gasteiger charge is -2.28. The van der Waals surface area contributed by atoms with Crippen LogP contribution in [0.2, 0.25) is 0 Å². The molecule has 1 aliphatic carbocycles. The molecule has 2 atom stereocenters. The molecule has 0 saturated heterocycles. The van der Waals surface area contributed by atoms with Crippen molar-refractivity contribution in [3.8, 4) is 11.8 Å². The molecule has 1 aromatic carbocycles. The summed E-state index contributed by atoms with van der Waals surface area (Å²) in [6, 6.07) is 9.13. The van der Waals surface area contributed by atoms with Crippen LogP contribution < -0.4 is 0 Å². The normalized spacial score (nSPS) is 18.7. The minimum absolute atomic E-state index is 0.0709. The Hall–Kier alpha value is -3.87. The van der Waals surface area contributed by atoms with Gasteiger partial charge in [-0.15, -0.1) is 0 Å². The lowest BCUT2D eigenvalue weighted by atomic mass is 9.97. The van der Waals surface area contributed by atoms with Crippen molar-refractivity contribution in [3.05, 3.63) is 48.0 Å². The van der Waals surface area contributed by atoms with Gasteiger partial charge in [0.05, 0.1) is 30.8 Å². The van der Waals surface area contributed by atoms with Crippen LogP contribution in [0, 0.1) is 17.2 Å². The Morgan fingerprint density at radius 3 is 2.16 bits per heavy atom. The number of ether oxygens (including phenoxy) is 3. The van der Waals surface area contributed by atoms with E-state index >= 15 is 0 Å². The van der Waals surface area contributed by atoms with E-state index in [0.29, 0.717) is 30.5 Å². The van der Waals surface area contributed by atoms with Crippen LogP contribution in [0.3, 0.4) is 0 Å². The zero-order valence-electron chi connectivity index (χ0n) is 23.1. The standard InChI is InChI=1S/C28H36N4O6/c1-26(2,3)37-24(34)32(25(35)38-27(4,5)6)14-8-9-20-15-28(20,23(33)36-7)22-17-31(18-30-22)21-12-10-19(16-29)11-13-21/h10-13,17-18,20H,8-9,14-15H2,1-7H3. The molecule has 0 N–H and O–H groups in total. The number of hydrogen-bond donors (Lipinski definition) is 0. The molecule has 2 amide bonds. The first kappa shape index (κ1) is 28.7. The van der Waals surface area contributed by atoms with Gasteiger partial charge < -0.3 is 18.8 Å². The molecule has 0 aliphatic heterocycles. The van der Waals surface area contributed by atoms with Gasteiger partial charge in [0.15, 0.2) is 0 Å². The molecule has 0 radical (unpaired) electrons. The van der Waals surface area contributed by atoms with E-state index in [1.54, 1.807) is 82.9 Å². The predicted molar refractivity (Wildman–Crippen MR) is 138 cm³/mol. The number of rotatable bonds is 7. The van der Waals surface area contributed by atoms with E-state index in [0.717, 1.165) is 10.6 Å². The zero-order valence-corrected chi connectivity index (χ0v) is 23.1. The number of imidazole rings is 1. The van der Waals surface area contributed by atoms with Crippen molar-refractivity contribution in [1.29, 1.82) is 5.26 Å². The fraction of sp³-hybridized carbons (Fsp3) is 0.536. The average molecular weight is 525 g/mol. The number of carbonyl (C=O) groups is 3. The first-order valence-corrected chi connectivity index (χ1v) is 12.6. The van der Waals surface area contributed by atoms with Crippen LogP contribution in [0.5, 0.6) is 0 Å². The summed E-state index contributed by atoms with van der Waals surface area (Å²) in [5.74, 6) is -0.442. The van der Waals surface area contributed by atoms with E-state index in [2.05, 4.69) is 11.1 Å². The van der Waals surface area contributed by atoms with E-state index in [4.69, 9.17) is 19.5 Å². The first-order valence-electron chi connectivity index (χ1n) is 12.6. The Morgan fingerprint density at radius 2 is 1.66 bits per heavy atom. The summed E-state index contributed by atoms with van der Waals surface area (Å²) in [5.41, 5.74) is -0.493. The molecular formula is C28H36N4O6. The number of nitrogens with zero attached hydrogens (tertiary/aromatic N) is 4. The van der Waals surface area contributed by atoms with Gasteiger partial charge in [0, 0.05) is 18.4 Å². The van der Waals surface area contributed by atoms with Gasteiger partial charge >= 0.3 is 18.2 Å². The number of carbonyl (C=O) groups excluding carboxylic acids is 3. The molecule has 1 aromatic heterocycles. The molecule has 10 nitrogen and oxygen atoms in total. The Labute approximate surface area is 223 Å². The van der Waals surface area contributed by atoms with Crippen LogP contribution in [-0.4, -0.2) is 57.5 Å². The molecular weight excluding hydrogens is 488 g/mol. The van der Waals surface area contributed by atoms with Gasteiger partial charge in [-0.1, -0.05) is 0 Å². The maximum atomic E-state index is 12.9. The summed E-state index contributed by atoms with van der Waals surface area (Å²) in [5, 5.41) is 9.03. The summed E-state index contributed by atoms with van der Waals surface area (Å²) in [6.45, 7) is 10.4. The highest BCUT2D eigenvalue weighted by Crippen LogP contribution is 2.57. The molecule has 10 heteroatoms. The minimum Gasteiger partial charge on any atom is -0.468 e. The summed E-state index contributed by atoms with van der Waals surface area (Å²) < 4.78 is 17.8. The van der Waals surface area contributed by atoms with Gasteiger partial charge in [0.25, 0.3) is 0 Å². The maximum Gasteiger partial charge on any atom is 0.419 e. The smallest absolute Gasteiger partial charge is 0.419 e. The molecule has 1 fully saturated rings. The summed E-state index contributed by atoms with van der Waals surface area (Å²) >= 11 is 0. The Kier molecular flexibility index (Phi) is 8.20. The van der Waals surface area contributed by atoms with E-state index in [1.807, 2.05) is 0 Å².